The van der Waals surface area contributed by atoms with Crippen LogP contribution in [-0.2, 0) is 6.42 Å². The molecule has 1 aromatic carbocycles. The lowest BCUT2D eigenvalue weighted by atomic mass is 10.0. The average molecular weight is 221 g/mol. The number of hydrogen-bond acceptors (Lipinski definition) is 2. The lowest BCUT2D eigenvalue weighted by Crippen LogP contribution is -2.27. The molecule has 0 aliphatic rings. The molecule has 0 saturated carbocycles. The third kappa shape index (κ3) is 4.33. The molecule has 0 saturated heterocycles. The molecule has 0 fully saturated rings. The maximum absolute atomic E-state index is 9.93. The molecule has 2 N–H and O–H groups in total. The van der Waals surface area contributed by atoms with Gasteiger partial charge >= 0.3 is 0 Å². The monoisotopic (exact) mass is 221 g/mol. The Morgan fingerprint density at radius 1 is 1.19 bits per heavy atom. The fraction of sp³-hybridized carbons (Fsp3) is 0.571. The number of aryl methyl sites for hydroxylation is 1. The third-order valence-electron chi connectivity index (χ3n) is 2.62. The fourth-order valence-electron chi connectivity index (χ4n) is 1.66. The van der Waals surface area contributed by atoms with Crippen LogP contribution in [-0.4, -0.2) is 17.7 Å². The van der Waals surface area contributed by atoms with E-state index in [-0.39, 0.29) is 0 Å². The molecule has 2 heteroatoms. The second kappa shape index (κ2) is 6.66. The minimum absolute atomic E-state index is 0.405. The fourth-order valence-corrected chi connectivity index (χ4v) is 1.66. The summed E-state index contributed by atoms with van der Waals surface area (Å²) in [5.41, 5.74) is 2.34. The molecule has 0 aliphatic carbocycles. The maximum atomic E-state index is 9.93. The molecule has 1 atom stereocenters. The third-order valence-corrected chi connectivity index (χ3v) is 2.62. The van der Waals surface area contributed by atoms with Crippen molar-refractivity contribution in [2.24, 2.45) is 0 Å². The standard InChI is InChI=1S/C14H23NO/c1-4-5-12-6-8-13(9-7-12)14(16)10-15-11(2)3/h6-9,11,14-16H,4-5,10H2,1-3H3. The van der Waals surface area contributed by atoms with Crippen LogP contribution < -0.4 is 5.32 Å². The molecule has 2 nitrogen and oxygen atoms in total. The maximum Gasteiger partial charge on any atom is 0.0914 e. The van der Waals surface area contributed by atoms with Crippen LogP contribution >= 0.6 is 0 Å². The number of hydrogen-bond donors (Lipinski definition) is 2. The van der Waals surface area contributed by atoms with Gasteiger partial charge in [0.05, 0.1) is 6.10 Å². The topological polar surface area (TPSA) is 32.3 Å². The van der Waals surface area contributed by atoms with Gasteiger partial charge in [0.2, 0.25) is 0 Å². The second-order valence-electron chi connectivity index (χ2n) is 4.57. The van der Waals surface area contributed by atoms with Crippen molar-refractivity contribution in [1.29, 1.82) is 0 Å². The molecule has 1 rings (SSSR count). The number of benzene rings is 1. The van der Waals surface area contributed by atoms with Gasteiger partial charge in [0.25, 0.3) is 0 Å². The molecule has 0 bridgehead atoms. The van der Waals surface area contributed by atoms with Crippen molar-refractivity contribution >= 4 is 0 Å². The van der Waals surface area contributed by atoms with Gasteiger partial charge in [0.15, 0.2) is 0 Å². The largest absolute Gasteiger partial charge is 0.387 e. The van der Waals surface area contributed by atoms with E-state index >= 15 is 0 Å². The van der Waals surface area contributed by atoms with Crippen molar-refractivity contribution in [3.63, 3.8) is 0 Å². The zero-order chi connectivity index (χ0) is 12.0. The van der Waals surface area contributed by atoms with Crippen LogP contribution in [0.15, 0.2) is 24.3 Å². The summed E-state index contributed by atoms with van der Waals surface area (Å²) < 4.78 is 0. The average Bonchev–Trinajstić information content (AvgIpc) is 2.27. The van der Waals surface area contributed by atoms with E-state index in [4.69, 9.17) is 0 Å². The summed E-state index contributed by atoms with van der Waals surface area (Å²) in [5.74, 6) is 0. The van der Waals surface area contributed by atoms with E-state index in [2.05, 4.69) is 38.2 Å². The van der Waals surface area contributed by atoms with Crippen molar-refractivity contribution in [1.82, 2.24) is 5.32 Å². The van der Waals surface area contributed by atoms with Gasteiger partial charge in [0.1, 0.15) is 0 Å². The smallest absolute Gasteiger partial charge is 0.0914 e. The molecule has 0 spiro atoms. The highest BCUT2D eigenvalue weighted by molar-refractivity contribution is 5.24. The van der Waals surface area contributed by atoms with Crippen LogP contribution in [0.4, 0.5) is 0 Å². The normalized spacial score (nSPS) is 13.1. The van der Waals surface area contributed by atoms with Gasteiger partial charge in [-0.05, 0) is 17.5 Å². The molecule has 1 unspecified atom stereocenters. The Balaban J connectivity index is 2.52. The summed E-state index contributed by atoms with van der Waals surface area (Å²) >= 11 is 0. The highest BCUT2D eigenvalue weighted by atomic mass is 16.3. The summed E-state index contributed by atoms with van der Waals surface area (Å²) in [7, 11) is 0. The first-order chi connectivity index (χ1) is 7.63. The van der Waals surface area contributed by atoms with Crippen LogP contribution in [0.2, 0.25) is 0 Å². The van der Waals surface area contributed by atoms with Crippen LogP contribution in [0.3, 0.4) is 0 Å². The van der Waals surface area contributed by atoms with Crippen molar-refractivity contribution in [2.75, 3.05) is 6.54 Å². The summed E-state index contributed by atoms with van der Waals surface area (Å²) in [6, 6.07) is 8.68. The van der Waals surface area contributed by atoms with E-state index < -0.39 is 6.10 Å². The summed E-state index contributed by atoms with van der Waals surface area (Å²) in [6.45, 7) is 6.95. The lowest BCUT2D eigenvalue weighted by molar-refractivity contribution is 0.171. The highest BCUT2D eigenvalue weighted by Crippen LogP contribution is 2.14. The number of aliphatic hydroxyl groups excluding tert-OH is 1. The molecule has 0 aromatic heterocycles. The Labute approximate surface area is 98.7 Å². The molecule has 0 amide bonds. The minimum atomic E-state index is -0.405. The van der Waals surface area contributed by atoms with E-state index in [0.29, 0.717) is 12.6 Å². The summed E-state index contributed by atoms with van der Waals surface area (Å²) in [5, 5.41) is 13.2. The molecule has 0 heterocycles. The van der Waals surface area contributed by atoms with Gasteiger partial charge in [-0.25, -0.2) is 0 Å². The van der Waals surface area contributed by atoms with E-state index in [1.807, 2.05) is 12.1 Å². The van der Waals surface area contributed by atoms with Gasteiger partial charge in [-0.3, -0.25) is 0 Å². The van der Waals surface area contributed by atoms with Crippen LogP contribution in [0.5, 0.6) is 0 Å². The van der Waals surface area contributed by atoms with Crippen LogP contribution in [0.1, 0.15) is 44.4 Å². The van der Waals surface area contributed by atoms with Gasteiger partial charge < -0.3 is 10.4 Å². The molecule has 0 aliphatic heterocycles. The molecule has 90 valence electrons. The Morgan fingerprint density at radius 3 is 2.31 bits per heavy atom. The van der Waals surface area contributed by atoms with E-state index in [0.717, 1.165) is 18.4 Å². The van der Waals surface area contributed by atoms with E-state index in [1.165, 1.54) is 5.56 Å². The van der Waals surface area contributed by atoms with Gasteiger partial charge in [-0.15, -0.1) is 0 Å². The van der Waals surface area contributed by atoms with Crippen molar-refractivity contribution in [2.45, 2.75) is 45.8 Å². The second-order valence-corrected chi connectivity index (χ2v) is 4.57. The van der Waals surface area contributed by atoms with Crippen molar-refractivity contribution < 1.29 is 5.11 Å². The summed E-state index contributed by atoms with van der Waals surface area (Å²) in [4.78, 5) is 0. The number of aliphatic hydroxyl groups is 1. The van der Waals surface area contributed by atoms with Crippen LogP contribution in [0.25, 0.3) is 0 Å². The molecule has 0 radical (unpaired) electrons. The molecular weight excluding hydrogens is 198 g/mol. The molecule has 1 aromatic rings. The minimum Gasteiger partial charge on any atom is -0.387 e. The zero-order valence-electron chi connectivity index (χ0n) is 10.5. The van der Waals surface area contributed by atoms with Gasteiger partial charge in [-0.1, -0.05) is 51.5 Å². The highest BCUT2D eigenvalue weighted by Gasteiger charge is 2.07. The Kier molecular flexibility index (Phi) is 5.50. The SMILES string of the molecule is CCCc1ccc(C(O)CNC(C)C)cc1. The zero-order valence-corrected chi connectivity index (χ0v) is 10.5. The predicted octanol–water partition coefficient (Wildman–Crippen LogP) is 2.67. The van der Waals surface area contributed by atoms with Gasteiger partial charge in [-0.2, -0.15) is 0 Å². The molecular formula is C14H23NO. The summed E-state index contributed by atoms with van der Waals surface area (Å²) in [6.07, 6.45) is 1.87. The Bertz CT molecular complexity index is 292. The van der Waals surface area contributed by atoms with E-state index in [9.17, 15) is 5.11 Å². The quantitative estimate of drug-likeness (QED) is 0.774. The first kappa shape index (κ1) is 13.2. The van der Waals surface area contributed by atoms with E-state index in [1.54, 1.807) is 0 Å². The van der Waals surface area contributed by atoms with Gasteiger partial charge in [0, 0.05) is 12.6 Å². The Hall–Kier alpha value is -0.860. The first-order valence-electron chi connectivity index (χ1n) is 6.13. The first-order valence-corrected chi connectivity index (χ1v) is 6.13. The van der Waals surface area contributed by atoms with Crippen molar-refractivity contribution in [3.05, 3.63) is 35.4 Å². The van der Waals surface area contributed by atoms with Crippen LogP contribution in [0, 0.1) is 0 Å². The van der Waals surface area contributed by atoms with Crippen molar-refractivity contribution in [3.8, 4) is 0 Å². The molecule has 16 heavy (non-hydrogen) atoms. The number of nitrogens with one attached hydrogen (secondary N) is 1. The lowest BCUT2D eigenvalue weighted by Gasteiger charge is -2.14. The predicted molar refractivity (Wildman–Crippen MR) is 68.5 cm³/mol. The Morgan fingerprint density at radius 2 is 1.81 bits per heavy atom. The number of rotatable bonds is 6.